The van der Waals surface area contributed by atoms with Crippen molar-refractivity contribution in [3.05, 3.63) is 59.4 Å². The van der Waals surface area contributed by atoms with Gasteiger partial charge >= 0.3 is 0 Å². The van der Waals surface area contributed by atoms with Gasteiger partial charge in [0.2, 0.25) is 0 Å². The smallest absolute Gasteiger partial charge is 0.0296 e. The minimum atomic E-state index is 0.882. The van der Waals surface area contributed by atoms with Gasteiger partial charge in [-0.2, -0.15) is 0 Å². The van der Waals surface area contributed by atoms with Crippen molar-refractivity contribution in [2.75, 3.05) is 7.05 Å². The third-order valence-corrected chi connectivity index (χ3v) is 2.71. The van der Waals surface area contributed by atoms with Crippen molar-refractivity contribution in [1.82, 2.24) is 5.32 Å². The topological polar surface area (TPSA) is 12.0 Å². The molecule has 1 heteroatoms. The number of hydrogen-bond donors (Lipinski definition) is 1. The third-order valence-electron chi connectivity index (χ3n) is 2.71. The molecule has 0 aromatic carbocycles. The van der Waals surface area contributed by atoms with Gasteiger partial charge in [-0.3, -0.25) is 0 Å². The van der Waals surface area contributed by atoms with Crippen LogP contribution < -0.4 is 5.32 Å². The van der Waals surface area contributed by atoms with Crippen LogP contribution in [0, 0.1) is 0 Å². The summed E-state index contributed by atoms with van der Waals surface area (Å²) in [6.07, 6.45) is 3.00. The Labute approximate surface area is 106 Å². The average molecular weight is 231 g/mol. The largest absolute Gasteiger partial charge is 0.388 e. The van der Waals surface area contributed by atoms with E-state index in [1.165, 1.54) is 16.7 Å². The second kappa shape index (κ2) is 6.95. The van der Waals surface area contributed by atoms with Crippen LogP contribution in [0.2, 0.25) is 0 Å². The van der Waals surface area contributed by atoms with E-state index in [-0.39, 0.29) is 0 Å². The lowest BCUT2D eigenvalue weighted by Crippen LogP contribution is -2.07. The first kappa shape index (κ1) is 15.5. The zero-order chi connectivity index (χ0) is 13.6. The maximum absolute atomic E-state index is 3.99. The van der Waals surface area contributed by atoms with E-state index in [4.69, 9.17) is 0 Å². The van der Waals surface area contributed by atoms with Crippen LogP contribution in [0.5, 0.6) is 0 Å². The molecular weight excluding hydrogens is 206 g/mol. The molecule has 17 heavy (non-hydrogen) atoms. The second-order valence-corrected chi connectivity index (χ2v) is 4.63. The normalized spacial score (nSPS) is 12.9. The van der Waals surface area contributed by atoms with E-state index in [9.17, 15) is 0 Å². The molecule has 0 aromatic heterocycles. The van der Waals surface area contributed by atoms with E-state index >= 15 is 0 Å². The lowest BCUT2D eigenvalue weighted by atomic mass is 9.94. The first-order valence-corrected chi connectivity index (χ1v) is 5.85. The van der Waals surface area contributed by atoms with Crippen molar-refractivity contribution in [3.8, 4) is 0 Å². The standard InChI is InChI=1S/C16H25N/c1-11(2)9-16(10-12(3)4)14(6)13(5)15(7)17-8/h9,17H,1,3,7,10H2,2,4-6,8H3/b14-13+,16-9-. The Hall–Kier alpha value is -1.50. The Morgan fingerprint density at radius 2 is 1.53 bits per heavy atom. The van der Waals surface area contributed by atoms with Crippen molar-refractivity contribution in [2.45, 2.75) is 34.1 Å². The van der Waals surface area contributed by atoms with E-state index in [1.54, 1.807) is 0 Å². The van der Waals surface area contributed by atoms with Gasteiger partial charge in [-0.15, -0.1) is 0 Å². The molecule has 0 heterocycles. The Morgan fingerprint density at radius 1 is 1.00 bits per heavy atom. The predicted molar refractivity (Wildman–Crippen MR) is 78.9 cm³/mol. The Kier molecular flexibility index (Phi) is 6.34. The molecule has 0 atom stereocenters. The minimum Gasteiger partial charge on any atom is -0.388 e. The Balaban J connectivity index is 5.40. The van der Waals surface area contributed by atoms with Gasteiger partial charge in [0.15, 0.2) is 0 Å². The summed E-state index contributed by atoms with van der Waals surface area (Å²) >= 11 is 0. The molecule has 0 amide bonds. The molecule has 0 fully saturated rings. The molecule has 0 aliphatic heterocycles. The van der Waals surface area contributed by atoms with E-state index in [1.807, 2.05) is 20.9 Å². The van der Waals surface area contributed by atoms with Crippen LogP contribution in [0.4, 0.5) is 0 Å². The van der Waals surface area contributed by atoms with Crippen LogP contribution in [0.25, 0.3) is 0 Å². The van der Waals surface area contributed by atoms with Gasteiger partial charge in [-0.1, -0.05) is 37.0 Å². The molecule has 0 spiro atoms. The van der Waals surface area contributed by atoms with Crippen LogP contribution in [0.1, 0.15) is 34.1 Å². The molecule has 0 radical (unpaired) electrons. The third kappa shape index (κ3) is 5.39. The highest BCUT2D eigenvalue weighted by Crippen LogP contribution is 2.24. The van der Waals surface area contributed by atoms with E-state index in [0.717, 1.165) is 23.3 Å². The van der Waals surface area contributed by atoms with Crippen molar-refractivity contribution in [1.29, 1.82) is 0 Å². The van der Waals surface area contributed by atoms with Crippen molar-refractivity contribution in [2.24, 2.45) is 0 Å². The fourth-order valence-corrected chi connectivity index (χ4v) is 1.57. The average Bonchev–Trinajstić information content (AvgIpc) is 2.23. The maximum atomic E-state index is 3.99. The molecule has 94 valence electrons. The summed E-state index contributed by atoms with van der Waals surface area (Å²) in [4.78, 5) is 0. The summed E-state index contributed by atoms with van der Waals surface area (Å²) in [6, 6.07) is 0. The molecule has 0 aromatic rings. The van der Waals surface area contributed by atoms with Crippen LogP contribution in [0.15, 0.2) is 59.4 Å². The number of rotatable bonds is 6. The van der Waals surface area contributed by atoms with Crippen LogP contribution >= 0.6 is 0 Å². The van der Waals surface area contributed by atoms with Crippen molar-refractivity contribution < 1.29 is 0 Å². The van der Waals surface area contributed by atoms with Crippen molar-refractivity contribution >= 4 is 0 Å². The van der Waals surface area contributed by atoms with Gasteiger partial charge < -0.3 is 5.32 Å². The summed E-state index contributed by atoms with van der Waals surface area (Å²) < 4.78 is 0. The van der Waals surface area contributed by atoms with Gasteiger partial charge in [0.1, 0.15) is 0 Å². The molecule has 0 rings (SSSR count). The van der Waals surface area contributed by atoms with Gasteiger partial charge in [-0.05, 0) is 50.8 Å². The van der Waals surface area contributed by atoms with Gasteiger partial charge in [0.05, 0.1) is 0 Å². The summed E-state index contributed by atoms with van der Waals surface area (Å²) in [5, 5.41) is 3.08. The van der Waals surface area contributed by atoms with Gasteiger partial charge in [-0.25, -0.2) is 0 Å². The quantitative estimate of drug-likeness (QED) is 0.523. The molecule has 1 nitrogen and oxygen atoms in total. The molecule has 0 bridgehead atoms. The van der Waals surface area contributed by atoms with Crippen molar-refractivity contribution in [3.63, 3.8) is 0 Å². The van der Waals surface area contributed by atoms with E-state index in [2.05, 4.69) is 45.0 Å². The molecular formula is C16H25N. The number of likely N-dealkylation sites (N-methyl/N-ethyl adjacent to an activating group) is 1. The highest BCUT2D eigenvalue weighted by molar-refractivity contribution is 5.44. The number of allylic oxidation sites excluding steroid dienone is 6. The highest BCUT2D eigenvalue weighted by atomic mass is 14.8. The zero-order valence-electron chi connectivity index (χ0n) is 11.9. The minimum absolute atomic E-state index is 0.882. The molecule has 0 saturated carbocycles. The molecule has 0 unspecified atom stereocenters. The van der Waals surface area contributed by atoms with Crippen LogP contribution in [-0.4, -0.2) is 7.05 Å². The van der Waals surface area contributed by atoms with E-state index < -0.39 is 0 Å². The van der Waals surface area contributed by atoms with E-state index in [0.29, 0.717) is 0 Å². The molecule has 0 saturated heterocycles. The molecule has 0 aliphatic carbocycles. The van der Waals surface area contributed by atoms with Gasteiger partial charge in [0, 0.05) is 12.7 Å². The first-order chi connectivity index (χ1) is 7.79. The lowest BCUT2D eigenvalue weighted by molar-refractivity contribution is 0.986. The predicted octanol–water partition coefficient (Wildman–Crippen LogP) is 4.52. The highest BCUT2D eigenvalue weighted by Gasteiger charge is 2.06. The summed E-state index contributed by atoms with van der Waals surface area (Å²) in [5.41, 5.74) is 6.86. The molecule has 0 aliphatic rings. The number of hydrogen-bond acceptors (Lipinski definition) is 1. The summed E-state index contributed by atoms with van der Waals surface area (Å²) in [5.74, 6) is 0. The maximum Gasteiger partial charge on any atom is 0.0296 e. The van der Waals surface area contributed by atoms with Crippen LogP contribution in [0.3, 0.4) is 0 Å². The Morgan fingerprint density at radius 3 is 1.88 bits per heavy atom. The monoisotopic (exact) mass is 231 g/mol. The van der Waals surface area contributed by atoms with Crippen LogP contribution in [-0.2, 0) is 0 Å². The Bertz CT molecular complexity index is 392. The first-order valence-electron chi connectivity index (χ1n) is 5.85. The zero-order valence-corrected chi connectivity index (χ0v) is 11.9. The molecule has 1 N–H and O–H groups in total. The summed E-state index contributed by atoms with van der Waals surface area (Å²) in [6.45, 7) is 20.2. The number of nitrogens with one attached hydrogen (secondary N) is 1. The van der Waals surface area contributed by atoms with Gasteiger partial charge in [0.25, 0.3) is 0 Å². The summed E-state index contributed by atoms with van der Waals surface area (Å²) in [7, 11) is 1.89. The fraction of sp³-hybridized carbons (Fsp3) is 0.375. The second-order valence-electron chi connectivity index (χ2n) is 4.63. The lowest BCUT2D eigenvalue weighted by Gasteiger charge is -2.14. The SMILES string of the molecule is C=C(C)/C=C(CC(=C)C)\C(C)=C(/C)C(=C)NC. The fourth-order valence-electron chi connectivity index (χ4n) is 1.57.